The van der Waals surface area contributed by atoms with Gasteiger partial charge >= 0.3 is 0 Å². The number of ketones is 1. The maximum Gasteiger partial charge on any atom is 0.201 e. The second-order valence-corrected chi connectivity index (χ2v) is 4.32. The summed E-state index contributed by atoms with van der Waals surface area (Å²) in [6.07, 6.45) is 0. The number of aromatic hydroxyl groups is 5. The fourth-order valence-electron chi connectivity index (χ4n) is 1.80. The Morgan fingerprint density at radius 2 is 1.50 bits per heavy atom. The largest absolute Gasteiger partial charge is 0.504 e. The molecule has 0 atom stereocenters. The molecular formula is C14H12O6. The molecule has 104 valence electrons. The molecule has 0 amide bonds. The smallest absolute Gasteiger partial charge is 0.201 e. The SMILES string of the molecule is Cc1cc(C(=O)c2ccc(O)c(O)c2O)cc(O)c1O. The lowest BCUT2D eigenvalue weighted by atomic mass is 9.99. The van der Waals surface area contributed by atoms with Crippen LogP contribution in [0.3, 0.4) is 0 Å². The van der Waals surface area contributed by atoms with Gasteiger partial charge in [0.25, 0.3) is 0 Å². The molecule has 0 aliphatic heterocycles. The number of hydrogen-bond acceptors (Lipinski definition) is 6. The molecule has 0 fully saturated rings. The summed E-state index contributed by atoms with van der Waals surface area (Å²) >= 11 is 0. The van der Waals surface area contributed by atoms with Crippen molar-refractivity contribution < 1.29 is 30.3 Å². The van der Waals surface area contributed by atoms with Gasteiger partial charge in [-0.05, 0) is 36.8 Å². The molecule has 0 unspecified atom stereocenters. The highest BCUT2D eigenvalue weighted by Crippen LogP contribution is 2.38. The van der Waals surface area contributed by atoms with Crippen molar-refractivity contribution in [1.29, 1.82) is 0 Å². The van der Waals surface area contributed by atoms with Crippen molar-refractivity contribution in [3.63, 3.8) is 0 Å². The average Bonchev–Trinajstić information content (AvgIpc) is 2.41. The van der Waals surface area contributed by atoms with Crippen molar-refractivity contribution >= 4 is 5.78 Å². The molecule has 0 aliphatic carbocycles. The van der Waals surface area contributed by atoms with E-state index in [1.165, 1.54) is 13.0 Å². The van der Waals surface area contributed by atoms with Crippen LogP contribution < -0.4 is 0 Å². The van der Waals surface area contributed by atoms with E-state index in [4.69, 9.17) is 0 Å². The van der Waals surface area contributed by atoms with Gasteiger partial charge in [0.2, 0.25) is 5.75 Å². The second-order valence-electron chi connectivity index (χ2n) is 4.32. The van der Waals surface area contributed by atoms with Gasteiger partial charge in [0.15, 0.2) is 28.8 Å². The molecule has 5 N–H and O–H groups in total. The summed E-state index contributed by atoms with van der Waals surface area (Å²) in [6, 6.07) is 4.59. The predicted molar refractivity (Wildman–Crippen MR) is 69.4 cm³/mol. The van der Waals surface area contributed by atoms with E-state index in [9.17, 15) is 30.3 Å². The van der Waals surface area contributed by atoms with Crippen LogP contribution in [-0.2, 0) is 0 Å². The van der Waals surface area contributed by atoms with Crippen LogP contribution >= 0.6 is 0 Å². The van der Waals surface area contributed by atoms with Crippen molar-refractivity contribution in [3.05, 3.63) is 41.0 Å². The zero-order chi connectivity index (χ0) is 15.0. The first-order chi connectivity index (χ1) is 9.32. The minimum Gasteiger partial charge on any atom is -0.504 e. The predicted octanol–water partition coefficient (Wildman–Crippen LogP) is 1.75. The van der Waals surface area contributed by atoms with E-state index < -0.39 is 28.8 Å². The van der Waals surface area contributed by atoms with E-state index in [2.05, 4.69) is 0 Å². The summed E-state index contributed by atoms with van der Waals surface area (Å²) in [4.78, 5) is 12.2. The summed E-state index contributed by atoms with van der Waals surface area (Å²) < 4.78 is 0. The Hall–Kier alpha value is -2.89. The lowest BCUT2D eigenvalue weighted by Crippen LogP contribution is -2.02. The number of phenolic OH excluding ortho intramolecular Hbond substituents is 5. The highest BCUT2D eigenvalue weighted by atomic mass is 16.3. The van der Waals surface area contributed by atoms with Crippen molar-refractivity contribution in [2.24, 2.45) is 0 Å². The standard InChI is InChI=1S/C14H12O6/c1-6-4-7(5-10(16)11(6)17)12(18)8-2-3-9(15)14(20)13(8)19/h2-5,15-17,19-20H,1H3. The van der Waals surface area contributed by atoms with Crippen LogP contribution in [0.25, 0.3) is 0 Å². The van der Waals surface area contributed by atoms with Crippen LogP contribution in [0, 0.1) is 6.92 Å². The summed E-state index contributed by atoms with van der Waals surface area (Å²) in [7, 11) is 0. The first kappa shape index (κ1) is 13.5. The fraction of sp³-hybridized carbons (Fsp3) is 0.0714. The third-order valence-electron chi connectivity index (χ3n) is 2.92. The topological polar surface area (TPSA) is 118 Å². The van der Waals surface area contributed by atoms with Crippen molar-refractivity contribution in [2.75, 3.05) is 0 Å². The molecule has 0 saturated carbocycles. The van der Waals surface area contributed by atoms with Gasteiger partial charge in [-0.1, -0.05) is 0 Å². The maximum absolute atomic E-state index is 12.2. The van der Waals surface area contributed by atoms with Gasteiger partial charge < -0.3 is 25.5 Å². The van der Waals surface area contributed by atoms with Crippen LogP contribution in [0.5, 0.6) is 28.7 Å². The molecule has 0 saturated heterocycles. The minimum atomic E-state index is -0.796. The Kier molecular flexibility index (Phi) is 3.15. The molecule has 2 rings (SSSR count). The Bertz CT molecular complexity index is 682. The Balaban J connectivity index is 2.55. The van der Waals surface area contributed by atoms with E-state index in [1.54, 1.807) is 0 Å². The number of phenols is 5. The van der Waals surface area contributed by atoms with E-state index in [1.807, 2.05) is 0 Å². The van der Waals surface area contributed by atoms with Gasteiger partial charge in [-0.15, -0.1) is 0 Å². The second kappa shape index (κ2) is 4.65. The van der Waals surface area contributed by atoms with Crippen molar-refractivity contribution in [2.45, 2.75) is 6.92 Å². The molecule has 0 aromatic heterocycles. The fourth-order valence-corrected chi connectivity index (χ4v) is 1.80. The van der Waals surface area contributed by atoms with E-state index >= 15 is 0 Å². The summed E-state index contributed by atoms with van der Waals surface area (Å²) in [5, 5.41) is 47.2. The minimum absolute atomic E-state index is 0.0261. The zero-order valence-corrected chi connectivity index (χ0v) is 10.5. The molecule has 2 aromatic rings. The highest BCUT2D eigenvalue weighted by Gasteiger charge is 2.20. The molecule has 0 bridgehead atoms. The summed E-state index contributed by atoms with van der Waals surface area (Å²) in [5.41, 5.74) is 0.0822. The van der Waals surface area contributed by atoms with Gasteiger partial charge in [-0.3, -0.25) is 4.79 Å². The Morgan fingerprint density at radius 3 is 2.10 bits per heavy atom. The van der Waals surface area contributed by atoms with Crippen molar-refractivity contribution in [1.82, 2.24) is 0 Å². The third kappa shape index (κ3) is 2.07. The van der Waals surface area contributed by atoms with E-state index in [0.717, 1.165) is 18.2 Å². The number of carbonyl (C=O) groups excluding carboxylic acids is 1. The first-order valence-corrected chi connectivity index (χ1v) is 5.64. The summed E-state index contributed by atoms with van der Waals surface area (Å²) in [5.74, 6) is -3.56. The van der Waals surface area contributed by atoms with Crippen LogP contribution in [0.1, 0.15) is 21.5 Å². The normalized spacial score (nSPS) is 10.4. The Labute approximate surface area is 113 Å². The maximum atomic E-state index is 12.2. The van der Waals surface area contributed by atoms with Gasteiger partial charge in [-0.2, -0.15) is 0 Å². The van der Waals surface area contributed by atoms with E-state index in [-0.39, 0.29) is 22.4 Å². The molecule has 0 aliphatic rings. The molecule has 2 aromatic carbocycles. The number of carbonyl (C=O) groups is 1. The zero-order valence-electron chi connectivity index (χ0n) is 10.5. The average molecular weight is 276 g/mol. The van der Waals surface area contributed by atoms with Crippen LogP contribution in [0.2, 0.25) is 0 Å². The van der Waals surface area contributed by atoms with Crippen LogP contribution in [0.15, 0.2) is 24.3 Å². The molecule has 0 spiro atoms. The van der Waals surface area contributed by atoms with E-state index in [0.29, 0.717) is 0 Å². The number of hydrogen-bond donors (Lipinski definition) is 5. The third-order valence-corrected chi connectivity index (χ3v) is 2.92. The molecule has 0 radical (unpaired) electrons. The molecule has 6 nitrogen and oxygen atoms in total. The molecule has 20 heavy (non-hydrogen) atoms. The van der Waals surface area contributed by atoms with Gasteiger partial charge in [0, 0.05) is 5.56 Å². The van der Waals surface area contributed by atoms with Gasteiger partial charge in [0.05, 0.1) is 5.56 Å². The lowest BCUT2D eigenvalue weighted by Gasteiger charge is -2.09. The number of aryl methyl sites for hydroxylation is 1. The highest BCUT2D eigenvalue weighted by molar-refractivity contribution is 6.11. The molecular weight excluding hydrogens is 264 g/mol. The van der Waals surface area contributed by atoms with Crippen molar-refractivity contribution in [3.8, 4) is 28.7 Å². The number of rotatable bonds is 2. The Morgan fingerprint density at radius 1 is 0.850 bits per heavy atom. The lowest BCUT2D eigenvalue weighted by molar-refractivity contribution is 0.103. The quantitative estimate of drug-likeness (QED) is 0.421. The number of benzene rings is 2. The van der Waals surface area contributed by atoms with Gasteiger partial charge in [0.1, 0.15) is 0 Å². The molecule has 0 heterocycles. The summed E-state index contributed by atoms with van der Waals surface area (Å²) in [6.45, 7) is 1.50. The first-order valence-electron chi connectivity index (χ1n) is 5.64. The van der Waals surface area contributed by atoms with Crippen LogP contribution in [0.4, 0.5) is 0 Å². The molecule has 6 heteroatoms. The van der Waals surface area contributed by atoms with Gasteiger partial charge in [-0.25, -0.2) is 0 Å². The van der Waals surface area contributed by atoms with Crippen LogP contribution in [-0.4, -0.2) is 31.3 Å². The monoisotopic (exact) mass is 276 g/mol.